The summed E-state index contributed by atoms with van der Waals surface area (Å²) < 4.78 is 5.42. The van der Waals surface area contributed by atoms with Gasteiger partial charge in [0.25, 0.3) is 0 Å². The van der Waals surface area contributed by atoms with Gasteiger partial charge in [-0.15, -0.1) is 10.2 Å². The second kappa shape index (κ2) is 6.31. The number of hydrogen-bond acceptors (Lipinski definition) is 5. The molecule has 0 radical (unpaired) electrons. The quantitative estimate of drug-likeness (QED) is 0.802. The first kappa shape index (κ1) is 14.8. The molecule has 0 aliphatic heterocycles. The largest absolute Gasteiger partial charge is 0.412 e. The summed E-state index contributed by atoms with van der Waals surface area (Å²) in [4.78, 5) is 14.1. The standard InChI is InChI=1S/C17H16N4O2/c1-21(2)14-10-8-13(9-11-14)18-15(22)17-20-19-16(23-17)12-6-4-3-5-7-12/h3-11H,1-2H3,(H,18,22). The fourth-order valence-corrected chi connectivity index (χ4v) is 2.04. The van der Waals surface area contributed by atoms with Crippen LogP contribution in [0.15, 0.2) is 59.0 Å². The molecule has 3 rings (SSSR count). The summed E-state index contributed by atoms with van der Waals surface area (Å²) in [6, 6.07) is 16.8. The Morgan fingerprint density at radius 1 is 1.00 bits per heavy atom. The molecule has 0 fully saturated rings. The molecule has 116 valence electrons. The van der Waals surface area contributed by atoms with Crippen molar-refractivity contribution >= 4 is 17.3 Å². The van der Waals surface area contributed by atoms with Gasteiger partial charge in [0.1, 0.15) is 0 Å². The van der Waals surface area contributed by atoms with Gasteiger partial charge in [0.05, 0.1) is 0 Å². The minimum Gasteiger partial charge on any atom is -0.412 e. The van der Waals surface area contributed by atoms with Gasteiger partial charge in [-0.2, -0.15) is 0 Å². The molecule has 1 amide bonds. The first-order valence-corrected chi connectivity index (χ1v) is 7.11. The number of anilines is 2. The Kier molecular flexibility index (Phi) is 4.05. The Hall–Kier alpha value is -3.15. The molecule has 1 heterocycles. The van der Waals surface area contributed by atoms with Crippen LogP contribution in [0, 0.1) is 0 Å². The normalized spacial score (nSPS) is 10.3. The molecule has 0 atom stereocenters. The third-order valence-electron chi connectivity index (χ3n) is 3.28. The van der Waals surface area contributed by atoms with E-state index in [1.54, 1.807) is 0 Å². The van der Waals surface area contributed by atoms with Crippen LogP contribution in [0.3, 0.4) is 0 Å². The van der Waals surface area contributed by atoms with E-state index in [2.05, 4.69) is 15.5 Å². The van der Waals surface area contributed by atoms with Crippen molar-refractivity contribution < 1.29 is 9.21 Å². The zero-order chi connectivity index (χ0) is 16.2. The SMILES string of the molecule is CN(C)c1ccc(NC(=O)c2nnc(-c3ccccc3)o2)cc1. The number of carbonyl (C=O) groups is 1. The minimum absolute atomic E-state index is 0.0689. The molecule has 3 aromatic rings. The van der Waals surface area contributed by atoms with E-state index < -0.39 is 5.91 Å². The molecule has 0 spiro atoms. The average Bonchev–Trinajstić information content (AvgIpc) is 3.06. The van der Waals surface area contributed by atoms with Gasteiger partial charge in [-0.1, -0.05) is 18.2 Å². The van der Waals surface area contributed by atoms with Crippen molar-refractivity contribution in [1.82, 2.24) is 10.2 Å². The van der Waals surface area contributed by atoms with Crippen molar-refractivity contribution in [1.29, 1.82) is 0 Å². The van der Waals surface area contributed by atoms with Gasteiger partial charge < -0.3 is 14.6 Å². The van der Waals surface area contributed by atoms with Gasteiger partial charge in [-0.3, -0.25) is 4.79 Å². The summed E-state index contributed by atoms with van der Waals surface area (Å²) in [5, 5.41) is 10.4. The second-order valence-electron chi connectivity index (χ2n) is 5.17. The van der Waals surface area contributed by atoms with E-state index in [-0.39, 0.29) is 5.89 Å². The van der Waals surface area contributed by atoms with E-state index in [1.807, 2.05) is 73.6 Å². The van der Waals surface area contributed by atoms with Gasteiger partial charge in [-0.05, 0) is 36.4 Å². The third-order valence-corrected chi connectivity index (χ3v) is 3.28. The van der Waals surface area contributed by atoms with E-state index >= 15 is 0 Å². The molecular weight excluding hydrogens is 292 g/mol. The summed E-state index contributed by atoms with van der Waals surface area (Å²) >= 11 is 0. The highest BCUT2D eigenvalue weighted by molar-refractivity contribution is 6.01. The van der Waals surface area contributed by atoms with Crippen molar-refractivity contribution in [3.63, 3.8) is 0 Å². The molecule has 23 heavy (non-hydrogen) atoms. The number of aromatic nitrogens is 2. The zero-order valence-electron chi connectivity index (χ0n) is 12.9. The van der Waals surface area contributed by atoms with E-state index in [4.69, 9.17) is 4.42 Å². The summed E-state index contributed by atoms with van der Waals surface area (Å²) in [6.07, 6.45) is 0. The highest BCUT2D eigenvalue weighted by Gasteiger charge is 2.16. The highest BCUT2D eigenvalue weighted by atomic mass is 16.4. The molecule has 6 nitrogen and oxygen atoms in total. The van der Waals surface area contributed by atoms with Crippen LogP contribution in [-0.2, 0) is 0 Å². The molecule has 1 aromatic heterocycles. The Bertz CT molecular complexity index is 795. The lowest BCUT2D eigenvalue weighted by Gasteiger charge is -2.12. The Morgan fingerprint density at radius 2 is 1.70 bits per heavy atom. The van der Waals surface area contributed by atoms with Crippen LogP contribution in [-0.4, -0.2) is 30.2 Å². The number of hydrogen-bond donors (Lipinski definition) is 1. The third kappa shape index (κ3) is 3.37. The Balaban J connectivity index is 1.72. The fraction of sp³-hybridized carbons (Fsp3) is 0.118. The molecule has 2 aromatic carbocycles. The molecule has 0 bridgehead atoms. The Labute approximate surface area is 133 Å². The maximum Gasteiger partial charge on any atom is 0.313 e. The van der Waals surface area contributed by atoms with E-state index in [0.29, 0.717) is 11.6 Å². The molecule has 0 saturated carbocycles. The summed E-state index contributed by atoms with van der Waals surface area (Å²) in [7, 11) is 3.91. The molecule has 0 aliphatic rings. The summed E-state index contributed by atoms with van der Waals surface area (Å²) in [5.41, 5.74) is 2.49. The van der Waals surface area contributed by atoms with Gasteiger partial charge in [0, 0.05) is 31.0 Å². The summed E-state index contributed by atoms with van der Waals surface area (Å²) in [6.45, 7) is 0. The zero-order valence-corrected chi connectivity index (χ0v) is 12.9. The lowest BCUT2D eigenvalue weighted by Crippen LogP contribution is -2.13. The van der Waals surface area contributed by atoms with Crippen LogP contribution in [0.25, 0.3) is 11.5 Å². The first-order valence-electron chi connectivity index (χ1n) is 7.11. The lowest BCUT2D eigenvalue weighted by atomic mass is 10.2. The Morgan fingerprint density at radius 3 is 2.35 bits per heavy atom. The van der Waals surface area contributed by atoms with Crippen LogP contribution >= 0.6 is 0 Å². The maximum absolute atomic E-state index is 12.2. The molecule has 0 saturated heterocycles. The van der Waals surface area contributed by atoms with Crippen LogP contribution in [0.2, 0.25) is 0 Å². The predicted octanol–water partition coefficient (Wildman–Crippen LogP) is 3.05. The molecule has 1 N–H and O–H groups in total. The monoisotopic (exact) mass is 308 g/mol. The minimum atomic E-state index is -0.433. The number of nitrogens with zero attached hydrogens (tertiary/aromatic N) is 3. The number of rotatable bonds is 4. The second-order valence-corrected chi connectivity index (χ2v) is 5.17. The smallest absolute Gasteiger partial charge is 0.313 e. The van der Waals surface area contributed by atoms with E-state index in [1.165, 1.54) is 0 Å². The van der Waals surface area contributed by atoms with Crippen LogP contribution in [0.5, 0.6) is 0 Å². The number of benzene rings is 2. The summed E-state index contributed by atoms with van der Waals surface area (Å²) in [5.74, 6) is -0.184. The van der Waals surface area contributed by atoms with Crippen LogP contribution in [0.1, 0.15) is 10.7 Å². The number of carbonyl (C=O) groups excluding carboxylic acids is 1. The predicted molar refractivity (Wildman–Crippen MR) is 88.5 cm³/mol. The van der Waals surface area contributed by atoms with Crippen LogP contribution in [0.4, 0.5) is 11.4 Å². The van der Waals surface area contributed by atoms with Crippen molar-refractivity contribution in [3.05, 3.63) is 60.5 Å². The molecule has 0 aliphatic carbocycles. The van der Waals surface area contributed by atoms with Crippen molar-refractivity contribution in [2.45, 2.75) is 0 Å². The lowest BCUT2D eigenvalue weighted by molar-refractivity contribution is 0.0991. The van der Waals surface area contributed by atoms with Crippen molar-refractivity contribution in [2.24, 2.45) is 0 Å². The van der Waals surface area contributed by atoms with Crippen LogP contribution < -0.4 is 10.2 Å². The van der Waals surface area contributed by atoms with Gasteiger partial charge in [0.2, 0.25) is 5.89 Å². The van der Waals surface area contributed by atoms with E-state index in [0.717, 1.165) is 11.3 Å². The number of amides is 1. The van der Waals surface area contributed by atoms with Gasteiger partial charge in [-0.25, -0.2) is 0 Å². The average molecular weight is 308 g/mol. The van der Waals surface area contributed by atoms with Gasteiger partial charge >= 0.3 is 11.8 Å². The highest BCUT2D eigenvalue weighted by Crippen LogP contribution is 2.19. The molecule has 0 unspecified atom stereocenters. The van der Waals surface area contributed by atoms with Gasteiger partial charge in [0.15, 0.2) is 0 Å². The van der Waals surface area contributed by atoms with E-state index in [9.17, 15) is 4.79 Å². The van der Waals surface area contributed by atoms with Crippen molar-refractivity contribution in [3.8, 4) is 11.5 Å². The topological polar surface area (TPSA) is 71.3 Å². The first-order chi connectivity index (χ1) is 11.1. The van der Waals surface area contributed by atoms with Crippen molar-refractivity contribution in [2.75, 3.05) is 24.3 Å². The molecular formula is C17H16N4O2. The molecule has 6 heteroatoms. The fourth-order valence-electron chi connectivity index (χ4n) is 2.04. The number of nitrogens with one attached hydrogen (secondary N) is 1. The maximum atomic E-state index is 12.2.